The van der Waals surface area contributed by atoms with E-state index in [-0.39, 0.29) is 5.54 Å². The van der Waals surface area contributed by atoms with Crippen molar-refractivity contribution in [3.63, 3.8) is 0 Å². The minimum Gasteiger partial charge on any atom is -0.324 e. The van der Waals surface area contributed by atoms with Gasteiger partial charge in [0.15, 0.2) is 5.11 Å². The lowest BCUT2D eigenvalue weighted by Gasteiger charge is -2.40. The van der Waals surface area contributed by atoms with Gasteiger partial charge in [-0.3, -0.25) is 14.7 Å². The molecule has 5 atom stereocenters. The van der Waals surface area contributed by atoms with Crippen molar-refractivity contribution in [2.75, 3.05) is 39.5 Å². The molecular weight excluding hydrogens is 613 g/mol. The van der Waals surface area contributed by atoms with Crippen molar-refractivity contribution in [2.45, 2.75) is 183 Å². The van der Waals surface area contributed by atoms with E-state index in [9.17, 15) is 0 Å². The van der Waals surface area contributed by atoms with E-state index >= 15 is 0 Å². The third-order valence-electron chi connectivity index (χ3n) is 12.0. The van der Waals surface area contributed by atoms with Gasteiger partial charge in [0.25, 0.3) is 0 Å². The molecule has 0 radical (unpaired) electrons. The Morgan fingerprint density at radius 1 is 0.596 bits per heavy atom. The van der Waals surface area contributed by atoms with Gasteiger partial charge in [0.1, 0.15) is 4.99 Å². The lowest BCUT2D eigenvalue weighted by molar-refractivity contribution is 0.0970. The van der Waals surface area contributed by atoms with Crippen molar-refractivity contribution in [3.8, 4) is 0 Å². The Morgan fingerprint density at radius 3 is 1.23 bits per heavy atom. The Bertz CT molecular complexity index is 826. The van der Waals surface area contributed by atoms with Gasteiger partial charge in [-0.25, -0.2) is 0 Å². The molecule has 1 aliphatic carbocycles. The molecule has 6 heteroatoms. The maximum Gasteiger partial charge on any atom is 0.179 e. The van der Waals surface area contributed by atoms with Crippen LogP contribution in [0.5, 0.6) is 0 Å². The second kappa shape index (κ2) is 23.2. The highest BCUT2D eigenvalue weighted by Gasteiger charge is 2.57. The molecule has 2 aliphatic rings. The first-order valence-corrected chi connectivity index (χ1v) is 21.6. The zero-order valence-electron chi connectivity index (χ0n) is 33.0. The van der Waals surface area contributed by atoms with E-state index in [0.717, 1.165) is 47.1 Å². The Balaban J connectivity index is 2.39. The van der Waals surface area contributed by atoms with Crippen LogP contribution in [0.15, 0.2) is 0 Å². The predicted molar refractivity (Wildman–Crippen MR) is 216 cm³/mol. The van der Waals surface area contributed by atoms with Gasteiger partial charge in [-0.15, -0.1) is 0 Å². The molecule has 0 bridgehead atoms. The summed E-state index contributed by atoms with van der Waals surface area (Å²) in [5.41, 5.74) is -0.147. The first-order valence-electron chi connectivity index (χ1n) is 20.7. The molecule has 2 rings (SSSR count). The van der Waals surface area contributed by atoms with Crippen molar-refractivity contribution in [1.82, 2.24) is 19.6 Å². The highest BCUT2D eigenvalue weighted by molar-refractivity contribution is 7.82. The molecule has 0 aromatic carbocycles. The summed E-state index contributed by atoms with van der Waals surface area (Å²) in [6, 6.07) is 0. The smallest absolute Gasteiger partial charge is 0.179 e. The largest absolute Gasteiger partial charge is 0.324 e. The van der Waals surface area contributed by atoms with Gasteiger partial charge in [0, 0.05) is 26.2 Å². The fourth-order valence-electron chi connectivity index (χ4n) is 8.10. The highest BCUT2D eigenvalue weighted by Crippen LogP contribution is 2.48. The van der Waals surface area contributed by atoms with E-state index in [0.29, 0.717) is 5.92 Å². The van der Waals surface area contributed by atoms with Gasteiger partial charge in [0.05, 0.1) is 18.9 Å². The van der Waals surface area contributed by atoms with Crippen molar-refractivity contribution in [2.24, 2.45) is 29.6 Å². The molecule has 0 N–H and O–H groups in total. The second-order valence-corrected chi connectivity index (χ2v) is 16.6. The van der Waals surface area contributed by atoms with Gasteiger partial charge in [-0.05, 0) is 87.3 Å². The maximum absolute atomic E-state index is 6.53. The van der Waals surface area contributed by atoms with Crippen LogP contribution in [0.2, 0.25) is 0 Å². The molecule has 0 aromatic heterocycles. The van der Waals surface area contributed by atoms with Gasteiger partial charge < -0.3 is 4.90 Å². The number of rotatable bonds is 29. The minimum absolute atomic E-state index is 0.147. The summed E-state index contributed by atoms with van der Waals surface area (Å²) in [4.78, 5) is 11.8. The zero-order valence-corrected chi connectivity index (χ0v) is 34.6. The molecule has 1 aliphatic heterocycles. The van der Waals surface area contributed by atoms with Crippen LogP contribution >= 0.6 is 24.4 Å². The quantitative estimate of drug-likeness (QED) is 0.0719. The number of hydrogen-bond donors (Lipinski definition) is 0. The summed E-state index contributed by atoms with van der Waals surface area (Å²) in [6.07, 6.45) is 23.4. The summed E-state index contributed by atoms with van der Waals surface area (Å²) >= 11 is 13.1. The molecule has 1 saturated heterocycles. The van der Waals surface area contributed by atoms with Crippen LogP contribution in [0.25, 0.3) is 0 Å². The van der Waals surface area contributed by atoms with Gasteiger partial charge in [-0.2, -0.15) is 0 Å². The molecular formula is C41H80N4S2. The van der Waals surface area contributed by atoms with Crippen molar-refractivity contribution >= 4 is 34.5 Å². The van der Waals surface area contributed by atoms with Crippen molar-refractivity contribution in [3.05, 3.63) is 0 Å². The van der Waals surface area contributed by atoms with Crippen molar-refractivity contribution in [1.29, 1.82) is 0 Å². The van der Waals surface area contributed by atoms with Crippen LogP contribution in [0.3, 0.4) is 0 Å². The zero-order chi connectivity index (χ0) is 34.8. The molecule has 4 nitrogen and oxygen atoms in total. The molecule has 2 fully saturated rings. The van der Waals surface area contributed by atoms with Crippen LogP contribution in [-0.2, 0) is 0 Å². The normalized spacial score (nSPS) is 21.3. The number of unbranched alkanes of at least 4 members (excludes halogenated alkanes) is 4. The number of thiocarbonyl (C=S) groups is 2. The second-order valence-electron chi connectivity index (χ2n) is 15.9. The Kier molecular flexibility index (Phi) is 21.2. The summed E-state index contributed by atoms with van der Waals surface area (Å²) in [7, 11) is 0. The van der Waals surface area contributed by atoms with Crippen LogP contribution in [0, 0.1) is 29.6 Å². The van der Waals surface area contributed by atoms with E-state index in [1.807, 2.05) is 0 Å². The molecule has 47 heavy (non-hydrogen) atoms. The summed E-state index contributed by atoms with van der Waals surface area (Å²) in [5, 5.41) is 1.01. The van der Waals surface area contributed by atoms with Crippen LogP contribution in [-0.4, -0.2) is 74.8 Å². The van der Waals surface area contributed by atoms with Crippen LogP contribution in [0.1, 0.15) is 178 Å². The monoisotopic (exact) mass is 693 g/mol. The molecule has 1 heterocycles. The van der Waals surface area contributed by atoms with Gasteiger partial charge >= 0.3 is 0 Å². The fraction of sp³-hybridized carbons (Fsp3) is 0.951. The van der Waals surface area contributed by atoms with Gasteiger partial charge in [0.2, 0.25) is 0 Å². The minimum atomic E-state index is -0.147. The SMILES string of the molecule is CCCCC(CC)CN(CC(CC)CCCC)CN1C(=S)N(CN(CC(CC)CCCC)CC(CC)CCCC)C(C)(C2CC2)C1=S. The average Bonchev–Trinajstić information content (AvgIpc) is 3.92. The lowest BCUT2D eigenvalue weighted by atomic mass is 9.94. The van der Waals surface area contributed by atoms with E-state index in [1.165, 1.54) is 142 Å². The summed E-state index contributed by atoms with van der Waals surface area (Å²) in [6.45, 7) is 27.9. The fourth-order valence-corrected chi connectivity index (χ4v) is 8.98. The van der Waals surface area contributed by atoms with E-state index < -0.39 is 0 Å². The first-order chi connectivity index (χ1) is 22.7. The molecule has 0 amide bonds. The average molecular weight is 693 g/mol. The molecule has 1 saturated carbocycles. The number of nitrogens with zero attached hydrogens (tertiary/aromatic N) is 4. The van der Waals surface area contributed by atoms with E-state index in [4.69, 9.17) is 24.4 Å². The molecule has 0 aromatic rings. The first kappa shape index (κ1) is 42.9. The van der Waals surface area contributed by atoms with Gasteiger partial charge in [-0.1, -0.05) is 145 Å². The Hall–Kier alpha value is -0.300. The van der Waals surface area contributed by atoms with E-state index in [2.05, 4.69) is 81.9 Å². The Morgan fingerprint density at radius 2 is 0.936 bits per heavy atom. The van der Waals surface area contributed by atoms with Crippen LogP contribution in [0.4, 0.5) is 0 Å². The lowest BCUT2D eigenvalue weighted by Crippen LogP contribution is -2.53. The molecule has 5 unspecified atom stereocenters. The highest BCUT2D eigenvalue weighted by atomic mass is 32.1. The van der Waals surface area contributed by atoms with Crippen molar-refractivity contribution < 1.29 is 0 Å². The Labute approximate surface area is 305 Å². The van der Waals surface area contributed by atoms with Crippen LogP contribution < -0.4 is 0 Å². The predicted octanol–water partition coefficient (Wildman–Crippen LogP) is 11.8. The summed E-state index contributed by atoms with van der Waals surface area (Å²) in [5.74, 6) is 3.62. The number of hydrogen-bond acceptors (Lipinski definition) is 4. The topological polar surface area (TPSA) is 13.0 Å². The van der Waals surface area contributed by atoms with E-state index in [1.54, 1.807) is 0 Å². The standard InChI is InChI=1S/C41H80N4S2/c1-10-18-22-34(14-5)28-42(29-35(15-6)23-19-11-2)32-44-39(46)41(9,38-26-27-38)45(40(44)47)33-43(30-36(16-7)24-20-12-3)31-37(17-8)25-21-13-4/h34-38H,10-33H2,1-9H3. The maximum atomic E-state index is 6.53. The summed E-state index contributed by atoms with van der Waals surface area (Å²) < 4.78 is 0. The third-order valence-corrected chi connectivity index (χ3v) is 13.1. The third kappa shape index (κ3) is 13.4. The molecule has 276 valence electrons. The molecule has 0 spiro atoms.